The first-order chi connectivity index (χ1) is 8.66. The van der Waals surface area contributed by atoms with Crippen molar-refractivity contribution in [2.24, 2.45) is 0 Å². The van der Waals surface area contributed by atoms with Gasteiger partial charge in [-0.3, -0.25) is 4.98 Å². The molecule has 5 nitrogen and oxygen atoms in total. The zero-order valence-electron chi connectivity index (χ0n) is 9.91. The molecular formula is C12H13N3O2S. The number of nitrogens with zero attached hydrogens (tertiary/aromatic N) is 3. The number of aromatic carboxylic acids is 1. The van der Waals surface area contributed by atoms with E-state index in [0.29, 0.717) is 0 Å². The quantitative estimate of drug-likeness (QED) is 0.892. The van der Waals surface area contributed by atoms with Gasteiger partial charge in [0.2, 0.25) is 0 Å². The molecular weight excluding hydrogens is 250 g/mol. The van der Waals surface area contributed by atoms with E-state index in [1.807, 2.05) is 24.1 Å². The largest absolute Gasteiger partial charge is 0.476 e. The molecule has 0 amide bonds. The van der Waals surface area contributed by atoms with Crippen LogP contribution in [0.1, 0.15) is 16.1 Å². The molecule has 94 valence electrons. The first-order valence-corrected chi connectivity index (χ1v) is 6.33. The van der Waals surface area contributed by atoms with Gasteiger partial charge in [-0.2, -0.15) is 0 Å². The van der Waals surface area contributed by atoms with Crippen LogP contribution >= 0.6 is 11.3 Å². The van der Waals surface area contributed by atoms with Crippen molar-refractivity contribution in [3.05, 3.63) is 41.2 Å². The van der Waals surface area contributed by atoms with Crippen LogP contribution in [0.4, 0.5) is 5.13 Å². The standard InChI is InChI=1S/C12H13N3O2S/c1-15(7-4-9-2-5-13-6-3-9)12-14-10(8-18-12)11(16)17/h2-3,5-6,8H,4,7H2,1H3,(H,16,17). The molecule has 0 saturated heterocycles. The van der Waals surface area contributed by atoms with Crippen molar-refractivity contribution in [2.75, 3.05) is 18.5 Å². The van der Waals surface area contributed by atoms with Gasteiger partial charge in [0.1, 0.15) is 0 Å². The lowest BCUT2D eigenvalue weighted by molar-refractivity contribution is 0.0691. The average molecular weight is 263 g/mol. The van der Waals surface area contributed by atoms with Crippen LogP contribution in [0.25, 0.3) is 0 Å². The van der Waals surface area contributed by atoms with Gasteiger partial charge in [0, 0.05) is 31.4 Å². The van der Waals surface area contributed by atoms with Crippen molar-refractivity contribution in [1.82, 2.24) is 9.97 Å². The Morgan fingerprint density at radius 1 is 1.44 bits per heavy atom. The molecule has 2 heterocycles. The summed E-state index contributed by atoms with van der Waals surface area (Å²) in [7, 11) is 1.91. The molecule has 0 fully saturated rings. The summed E-state index contributed by atoms with van der Waals surface area (Å²) in [6.45, 7) is 0.788. The molecule has 0 aliphatic heterocycles. The Morgan fingerprint density at radius 3 is 2.78 bits per heavy atom. The van der Waals surface area contributed by atoms with Gasteiger partial charge in [-0.1, -0.05) is 0 Å². The maximum absolute atomic E-state index is 10.7. The van der Waals surface area contributed by atoms with Crippen LogP contribution < -0.4 is 4.90 Å². The van der Waals surface area contributed by atoms with Crippen molar-refractivity contribution in [1.29, 1.82) is 0 Å². The summed E-state index contributed by atoms with van der Waals surface area (Å²) in [6, 6.07) is 3.94. The normalized spacial score (nSPS) is 10.3. The van der Waals surface area contributed by atoms with Crippen molar-refractivity contribution in [3.8, 4) is 0 Å². The molecule has 0 aromatic carbocycles. The van der Waals surface area contributed by atoms with E-state index in [4.69, 9.17) is 5.11 Å². The number of carbonyl (C=O) groups is 1. The maximum atomic E-state index is 10.7. The summed E-state index contributed by atoms with van der Waals surface area (Å²) in [5.41, 5.74) is 1.30. The van der Waals surface area contributed by atoms with Crippen LogP contribution in [0, 0.1) is 0 Å². The first kappa shape index (κ1) is 12.5. The summed E-state index contributed by atoms with van der Waals surface area (Å²) in [6.07, 6.45) is 4.41. The fourth-order valence-electron chi connectivity index (χ4n) is 1.48. The SMILES string of the molecule is CN(CCc1ccncc1)c1nc(C(=O)O)cs1. The number of likely N-dealkylation sites (N-methyl/N-ethyl adjacent to an activating group) is 1. The number of carboxylic acid groups (broad SMARTS) is 1. The summed E-state index contributed by atoms with van der Waals surface area (Å²) in [5.74, 6) is -0.986. The fourth-order valence-corrected chi connectivity index (χ4v) is 2.27. The number of thiazole rings is 1. The van der Waals surface area contributed by atoms with Crippen LogP contribution in [0.2, 0.25) is 0 Å². The highest BCUT2D eigenvalue weighted by Crippen LogP contribution is 2.19. The summed E-state index contributed by atoms with van der Waals surface area (Å²) >= 11 is 1.34. The zero-order chi connectivity index (χ0) is 13.0. The van der Waals surface area contributed by atoms with E-state index in [9.17, 15) is 4.79 Å². The van der Waals surface area contributed by atoms with E-state index in [0.717, 1.165) is 18.1 Å². The first-order valence-electron chi connectivity index (χ1n) is 5.45. The third kappa shape index (κ3) is 3.04. The third-order valence-corrected chi connectivity index (χ3v) is 3.48. The zero-order valence-corrected chi connectivity index (χ0v) is 10.7. The molecule has 1 N–H and O–H groups in total. The number of pyridine rings is 1. The number of aromatic nitrogens is 2. The van der Waals surface area contributed by atoms with Gasteiger partial charge in [0.05, 0.1) is 0 Å². The molecule has 0 aliphatic rings. The molecule has 2 aromatic heterocycles. The smallest absolute Gasteiger partial charge is 0.355 e. The molecule has 0 aliphatic carbocycles. The van der Waals surface area contributed by atoms with E-state index >= 15 is 0 Å². The molecule has 0 unspecified atom stereocenters. The number of hydrogen-bond acceptors (Lipinski definition) is 5. The van der Waals surface area contributed by atoms with Gasteiger partial charge < -0.3 is 10.0 Å². The van der Waals surface area contributed by atoms with Crippen LogP contribution in [0.3, 0.4) is 0 Å². The predicted octanol–water partition coefficient (Wildman–Crippen LogP) is 1.92. The Balaban J connectivity index is 1.95. The second-order valence-electron chi connectivity index (χ2n) is 3.85. The Hall–Kier alpha value is -1.95. The molecule has 0 bridgehead atoms. The Labute approximate surface area is 109 Å². The van der Waals surface area contributed by atoms with Crippen molar-refractivity contribution < 1.29 is 9.90 Å². The maximum Gasteiger partial charge on any atom is 0.355 e. The van der Waals surface area contributed by atoms with Gasteiger partial charge in [-0.05, 0) is 24.1 Å². The number of anilines is 1. The Kier molecular flexibility index (Phi) is 3.88. The van der Waals surface area contributed by atoms with Crippen LogP contribution in [-0.4, -0.2) is 34.6 Å². The van der Waals surface area contributed by atoms with Crippen molar-refractivity contribution in [3.63, 3.8) is 0 Å². The second kappa shape index (κ2) is 5.59. The summed E-state index contributed by atoms with van der Waals surface area (Å²) in [5, 5.41) is 11.1. The van der Waals surface area contributed by atoms with Crippen LogP contribution in [0.5, 0.6) is 0 Å². The Bertz CT molecular complexity index is 527. The van der Waals surface area contributed by atoms with Crippen LogP contribution in [-0.2, 0) is 6.42 Å². The van der Waals surface area contributed by atoms with Gasteiger partial charge >= 0.3 is 5.97 Å². The monoisotopic (exact) mass is 263 g/mol. The summed E-state index contributed by atoms with van der Waals surface area (Å²) in [4.78, 5) is 20.7. The molecule has 18 heavy (non-hydrogen) atoms. The average Bonchev–Trinajstić information content (AvgIpc) is 2.87. The number of hydrogen-bond donors (Lipinski definition) is 1. The van der Waals surface area contributed by atoms with Crippen molar-refractivity contribution in [2.45, 2.75) is 6.42 Å². The highest BCUT2D eigenvalue weighted by atomic mass is 32.1. The van der Waals surface area contributed by atoms with E-state index in [-0.39, 0.29) is 5.69 Å². The molecule has 0 saturated carbocycles. The molecule has 0 atom stereocenters. The third-order valence-electron chi connectivity index (χ3n) is 2.52. The van der Waals surface area contributed by atoms with Crippen LogP contribution in [0.15, 0.2) is 29.9 Å². The minimum Gasteiger partial charge on any atom is -0.476 e. The number of carboxylic acids is 1. The minimum atomic E-state index is -0.986. The van der Waals surface area contributed by atoms with Gasteiger partial charge in [-0.15, -0.1) is 11.3 Å². The lowest BCUT2D eigenvalue weighted by atomic mass is 10.2. The fraction of sp³-hybridized carbons (Fsp3) is 0.250. The second-order valence-corrected chi connectivity index (χ2v) is 4.68. The van der Waals surface area contributed by atoms with E-state index in [1.54, 1.807) is 17.8 Å². The van der Waals surface area contributed by atoms with Gasteiger partial charge in [-0.25, -0.2) is 9.78 Å². The predicted molar refractivity (Wildman–Crippen MR) is 70.3 cm³/mol. The lowest BCUT2D eigenvalue weighted by Gasteiger charge is -2.15. The highest BCUT2D eigenvalue weighted by molar-refractivity contribution is 7.13. The van der Waals surface area contributed by atoms with E-state index in [1.165, 1.54) is 16.9 Å². The molecule has 2 rings (SSSR count). The van der Waals surface area contributed by atoms with Gasteiger partial charge in [0.15, 0.2) is 10.8 Å². The number of rotatable bonds is 5. The molecule has 6 heteroatoms. The molecule has 2 aromatic rings. The molecule has 0 spiro atoms. The highest BCUT2D eigenvalue weighted by Gasteiger charge is 2.11. The molecule has 0 radical (unpaired) electrons. The topological polar surface area (TPSA) is 66.3 Å². The Morgan fingerprint density at radius 2 is 2.17 bits per heavy atom. The van der Waals surface area contributed by atoms with E-state index in [2.05, 4.69) is 9.97 Å². The van der Waals surface area contributed by atoms with E-state index < -0.39 is 5.97 Å². The van der Waals surface area contributed by atoms with Crippen molar-refractivity contribution >= 4 is 22.4 Å². The summed E-state index contributed by atoms with van der Waals surface area (Å²) < 4.78 is 0. The van der Waals surface area contributed by atoms with Gasteiger partial charge in [0.25, 0.3) is 0 Å². The lowest BCUT2D eigenvalue weighted by Crippen LogP contribution is -2.20. The minimum absolute atomic E-state index is 0.103.